The van der Waals surface area contributed by atoms with E-state index in [1.54, 1.807) is 11.3 Å². The Morgan fingerprint density at radius 1 is 1.56 bits per heavy atom. The molecule has 3 heterocycles. The molecule has 25 heavy (non-hydrogen) atoms. The standard InChI is InChI=1S/C16H20N2O4S3/c1-10-13(18-16(22-10)14-4-3-6-23-14)8-24-11(2)15(19)17-12-5-7-25(20,21)9-12/h3-4,6,11-12H,5,7-9H2,1-2H3,(H,17,19). The van der Waals surface area contributed by atoms with E-state index in [1.165, 1.54) is 11.8 Å². The Bertz CT molecular complexity index is 843. The van der Waals surface area contributed by atoms with E-state index in [-0.39, 0.29) is 28.7 Å². The molecule has 0 radical (unpaired) electrons. The van der Waals surface area contributed by atoms with Gasteiger partial charge < -0.3 is 9.73 Å². The minimum Gasteiger partial charge on any atom is -0.440 e. The maximum Gasteiger partial charge on any atom is 0.236 e. The van der Waals surface area contributed by atoms with Crippen LogP contribution >= 0.6 is 23.1 Å². The highest BCUT2D eigenvalue weighted by atomic mass is 32.2. The van der Waals surface area contributed by atoms with Crippen LogP contribution in [-0.2, 0) is 20.4 Å². The highest BCUT2D eigenvalue weighted by Gasteiger charge is 2.30. The Labute approximate surface area is 155 Å². The van der Waals surface area contributed by atoms with Gasteiger partial charge in [0.05, 0.1) is 27.3 Å². The molecule has 1 amide bonds. The normalized spacial score (nSPS) is 20.5. The van der Waals surface area contributed by atoms with E-state index in [0.717, 1.165) is 16.3 Å². The predicted octanol–water partition coefficient (Wildman–Crippen LogP) is 2.64. The van der Waals surface area contributed by atoms with Gasteiger partial charge in [-0.05, 0) is 31.7 Å². The number of oxazole rings is 1. The van der Waals surface area contributed by atoms with E-state index in [1.807, 2.05) is 31.4 Å². The van der Waals surface area contributed by atoms with Crippen molar-refractivity contribution in [3.05, 3.63) is 29.0 Å². The number of thiophene rings is 1. The number of carbonyl (C=O) groups is 1. The van der Waals surface area contributed by atoms with Crippen LogP contribution in [0.15, 0.2) is 21.9 Å². The van der Waals surface area contributed by atoms with Crippen molar-refractivity contribution in [2.24, 2.45) is 0 Å². The van der Waals surface area contributed by atoms with Gasteiger partial charge in [-0.15, -0.1) is 23.1 Å². The van der Waals surface area contributed by atoms with E-state index in [2.05, 4.69) is 10.3 Å². The summed E-state index contributed by atoms with van der Waals surface area (Å²) in [6, 6.07) is 3.64. The van der Waals surface area contributed by atoms with Crippen LogP contribution in [-0.4, -0.2) is 42.1 Å². The zero-order valence-electron chi connectivity index (χ0n) is 14.0. The summed E-state index contributed by atoms with van der Waals surface area (Å²) in [4.78, 5) is 17.7. The van der Waals surface area contributed by atoms with Gasteiger partial charge in [-0.3, -0.25) is 4.79 Å². The number of aromatic nitrogens is 1. The molecule has 0 spiro atoms. The number of rotatable bonds is 6. The minimum atomic E-state index is -2.99. The monoisotopic (exact) mass is 400 g/mol. The Morgan fingerprint density at radius 2 is 2.36 bits per heavy atom. The molecule has 6 nitrogen and oxygen atoms in total. The van der Waals surface area contributed by atoms with Crippen LogP contribution < -0.4 is 5.32 Å². The molecule has 9 heteroatoms. The summed E-state index contributed by atoms with van der Waals surface area (Å²) >= 11 is 3.03. The van der Waals surface area contributed by atoms with Crippen molar-refractivity contribution in [3.63, 3.8) is 0 Å². The molecule has 136 valence electrons. The first-order chi connectivity index (χ1) is 11.8. The second kappa shape index (κ2) is 7.51. The Morgan fingerprint density at radius 3 is 3.00 bits per heavy atom. The Kier molecular flexibility index (Phi) is 5.55. The van der Waals surface area contributed by atoms with Crippen molar-refractivity contribution in [2.75, 3.05) is 11.5 Å². The molecule has 0 saturated carbocycles. The van der Waals surface area contributed by atoms with E-state index < -0.39 is 9.84 Å². The van der Waals surface area contributed by atoms with Crippen LogP contribution in [0, 0.1) is 6.92 Å². The molecule has 0 aliphatic carbocycles. The molecular formula is C16H20N2O4S3. The van der Waals surface area contributed by atoms with Gasteiger partial charge in [0.15, 0.2) is 9.84 Å². The Balaban J connectivity index is 1.53. The molecule has 0 bridgehead atoms. The summed E-state index contributed by atoms with van der Waals surface area (Å²) in [7, 11) is -2.99. The third kappa shape index (κ3) is 4.65. The number of thioether (sulfide) groups is 1. The number of hydrogen-bond acceptors (Lipinski definition) is 7. The SMILES string of the molecule is Cc1oc(-c2cccs2)nc1CSC(C)C(=O)NC1CCS(=O)(=O)C1. The molecule has 3 rings (SSSR count). The van der Waals surface area contributed by atoms with Crippen molar-refractivity contribution >= 4 is 38.8 Å². The topological polar surface area (TPSA) is 89.3 Å². The highest BCUT2D eigenvalue weighted by Crippen LogP contribution is 2.28. The van der Waals surface area contributed by atoms with Gasteiger partial charge in [0.2, 0.25) is 11.8 Å². The lowest BCUT2D eigenvalue weighted by atomic mass is 10.2. The fourth-order valence-electron chi connectivity index (χ4n) is 2.57. The molecule has 1 aliphatic heterocycles. The maximum atomic E-state index is 12.2. The summed E-state index contributed by atoms with van der Waals surface area (Å²) in [6.45, 7) is 3.69. The summed E-state index contributed by atoms with van der Waals surface area (Å²) in [5, 5.41) is 4.52. The highest BCUT2D eigenvalue weighted by molar-refractivity contribution is 7.99. The van der Waals surface area contributed by atoms with E-state index in [9.17, 15) is 13.2 Å². The zero-order valence-corrected chi connectivity index (χ0v) is 16.5. The molecule has 2 aromatic rings. The van der Waals surface area contributed by atoms with Gasteiger partial charge in [-0.25, -0.2) is 13.4 Å². The molecule has 1 aliphatic rings. The van der Waals surface area contributed by atoms with Crippen LogP contribution in [0.3, 0.4) is 0 Å². The molecule has 2 aromatic heterocycles. The smallest absolute Gasteiger partial charge is 0.236 e. The van der Waals surface area contributed by atoms with Gasteiger partial charge in [0.25, 0.3) is 0 Å². The van der Waals surface area contributed by atoms with E-state index in [4.69, 9.17) is 4.42 Å². The fraction of sp³-hybridized carbons (Fsp3) is 0.500. The van der Waals surface area contributed by atoms with Crippen LogP contribution in [0.2, 0.25) is 0 Å². The van der Waals surface area contributed by atoms with E-state index >= 15 is 0 Å². The second-order valence-electron chi connectivity index (χ2n) is 6.06. The molecule has 1 fully saturated rings. The van der Waals surface area contributed by atoms with Crippen LogP contribution in [0.25, 0.3) is 10.8 Å². The van der Waals surface area contributed by atoms with Crippen LogP contribution in [0.1, 0.15) is 24.8 Å². The first kappa shape index (κ1) is 18.5. The maximum absolute atomic E-state index is 12.2. The number of hydrogen-bond donors (Lipinski definition) is 1. The van der Waals surface area contributed by atoms with Crippen molar-refractivity contribution in [2.45, 2.75) is 37.3 Å². The molecule has 2 atom stereocenters. The molecular weight excluding hydrogens is 380 g/mol. The molecule has 1 N–H and O–H groups in total. The number of nitrogens with one attached hydrogen (secondary N) is 1. The third-order valence-corrected chi connectivity index (χ3v) is 7.82. The fourth-order valence-corrected chi connectivity index (χ4v) is 5.79. The summed E-state index contributed by atoms with van der Waals surface area (Å²) in [5.74, 6) is 2.00. The second-order valence-corrected chi connectivity index (χ2v) is 10.6. The largest absolute Gasteiger partial charge is 0.440 e. The third-order valence-electron chi connectivity index (χ3n) is 4.04. The van der Waals surface area contributed by atoms with Crippen molar-refractivity contribution in [1.82, 2.24) is 10.3 Å². The number of carbonyl (C=O) groups excluding carboxylic acids is 1. The van der Waals surface area contributed by atoms with Crippen LogP contribution in [0.4, 0.5) is 0 Å². The van der Waals surface area contributed by atoms with Crippen molar-refractivity contribution in [3.8, 4) is 10.8 Å². The molecule has 0 aromatic carbocycles. The summed E-state index contributed by atoms with van der Waals surface area (Å²) < 4.78 is 28.6. The lowest BCUT2D eigenvalue weighted by molar-refractivity contribution is -0.120. The quantitative estimate of drug-likeness (QED) is 0.802. The predicted molar refractivity (Wildman–Crippen MR) is 101 cm³/mol. The number of sulfone groups is 1. The Hall–Kier alpha value is -1.32. The van der Waals surface area contributed by atoms with E-state index in [0.29, 0.717) is 18.1 Å². The first-order valence-electron chi connectivity index (χ1n) is 7.96. The number of nitrogens with zero attached hydrogens (tertiary/aromatic N) is 1. The zero-order chi connectivity index (χ0) is 18.0. The van der Waals surface area contributed by atoms with Gasteiger partial charge in [0.1, 0.15) is 5.76 Å². The molecule has 1 saturated heterocycles. The summed E-state index contributed by atoms with van der Waals surface area (Å²) in [5.41, 5.74) is 0.830. The minimum absolute atomic E-state index is 0.0443. The van der Waals surface area contributed by atoms with Crippen molar-refractivity contribution < 1.29 is 17.6 Å². The number of amides is 1. The average molecular weight is 401 g/mol. The molecule has 2 unspecified atom stereocenters. The van der Waals surface area contributed by atoms with Gasteiger partial charge in [-0.1, -0.05) is 6.07 Å². The van der Waals surface area contributed by atoms with Crippen LogP contribution in [0.5, 0.6) is 0 Å². The lowest BCUT2D eigenvalue weighted by Gasteiger charge is -2.15. The lowest BCUT2D eigenvalue weighted by Crippen LogP contribution is -2.40. The summed E-state index contributed by atoms with van der Waals surface area (Å²) in [6.07, 6.45) is 0.498. The van der Waals surface area contributed by atoms with Gasteiger partial charge in [0, 0.05) is 11.8 Å². The van der Waals surface area contributed by atoms with Crippen molar-refractivity contribution in [1.29, 1.82) is 0 Å². The first-order valence-corrected chi connectivity index (χ1v) is 11.7. The number of aryl methyl sites for hydroxylation is 1. The average Bonchev–Trinajstić information content (AvgIpc) is 3.25. The van der Waals surface area contributed by atoms with Gasteiger partial charge >= 0.3 is 0 Å². The van der Waals surface area contributed by atoms with Gasteiger partial charge in [-0.2, -0.15) is 0 Å².